The van der Waals surface area contributed by atoms with E-state index in [0.29, 0.717) is 5.56 Å². The predicted octanol–water partition coefficient (Wildman–Crippen LogP) is 1.12. The summed E-state index contributed by atoms with van der Waals surface area (Å²) in [7, 11) is 1.05. The van der Waals surface area contributed by atoms with Gasteiger partial charge in [-0.25, -0.2) is 9.59 Å². The molecule has 19 heteroatoms. The topological polar surface area (TPSA) is 272 Å². The van der Waals surface area contributed by atoms with Gasteiger partial charge in [0.05, 0.1) is 23.6 Å². The molecular weight excluding hydrogens is 715 g/mol. The highest BCUT2D eigenvalue weighted by atomic mass is 35.5. The summed E-state index contributed by atoms with van der Waals surface area (Å²) in [4.78, 5) is 100. The van der Waals surface area contributed by atoms with E-state index in [-0.39, 0.29) is 54.0 Å². The van der Waals surface area contributed by atoms with Gasteiger partial charge in [0.1, 0.15) is 30.2 Å². The average Bonchev–Trinajstić information content (AvgIpc) is 3.02. The number of alkyl carbamates (subject to hydrolysis) is 1. The lowest BCUT2D eigenvalue weighted by Gasteiger charge is -2.27. The van der Waals surface area contributed by atoms with Crippen LogP contribution in [0.15, 0.2) is 18.2 Å². The Morgan fingerprint density at radius 3 is 1.61 bits per heavy atom. The van der Waals surface area contributed by atoms with E-state index in [1.54, 1.807) is 27.7 Å². The molecule has 0 radical (unpaired) electrons. The number of rotatable bonds is 21. The maximum atomic E-state index is 13.5. The van der Waals surface area contributed by atoms with E-state index in [9.17, 15) is 48.6 Å². The van der Waals surface area contributed by atoms with E-state index >= 15 is 0 Å². The van der Waals surface area contributed by atoms with Gasteiger partial charge in [0.25, 0.3) is 0 Å². The lowest BCUT2D eigenvalue weighted by atomic mass is 10.00. The largest absolute Gasteiger partial charge is 0.481 e. The molecule has 1 rings (SSSR count). The van der Waals surface area contributed by atoms with Crippen molar-refractivity contribution in [1.82, 2.24) is 26.6 Å². The van der Waals surface area contributed by atoms with Gasteiger partial charge in [0, 0.05) is 12.8 Å². The van der Waals surface area contributed by atoms with Gasteiger partial charge < -0.3 is 47.3 Å². The highest BCUT2D eigenvalue weighted by Gasteiger charge is 2.34. The van der Waals surface area contributed by atoms with Crippen LogP contribution in [0.3, 0.4) is 0 Å². The van der Waals surface area contributed by atoms with Crippen LogP contribution in [0, 0.1) is 11.8 Å². The summed E-state index contributed by atoms with van der Waals surface area (Å²) in [5.74, 6) is -7.82. The minimum Gasteiger partial charge on any atom is -0.481 e. The standard InChI is InChI=1S/C32H46Cl2N6O11/c1-15(2)10-21(36-27(44)20(8-9-25(35)41)40-32(50)51-5)28(45)38-23(14-26(42)43)30(47)37-22(11-16(3)4)29(46)39-24(31(48)49)13-17-6-7-18(33)19(34)12-17/h6-7,12,15-16,20-24H,8-11,13-14H2,1-5H3,(H2,35,41)(H,36,44)(H,37,47)(H,38,45)(H,39,46)(H,40,50)(H,42,43)(H,48,49)/t20-,21-,22-,23-,24-/m0/s1. The summed E-state index contributed by atoms with van der Waals surface area (Å²) in [6.07, 6.45) is -2.60. The molecule has 0 aliphatic rings. The summed E-state index contributed by atoms with van der Waals surface area (Å²) in [5, 5.41) is 31.6. The highest BCUT2D eigenvalue weighted by molar-refractivity contribution is 6.42. The zero-order valence-corrected chi connectivity index (χ0v) is 30.4. The molecule has 9 N–H and O–H groups in total. The Morgan fingerprint density at radius 2 is 1.18 bits per heavy atom. The molecule has 0 fully saturated rings. The Hall–Kier alpha value is -4.64. The Morgan fingerprint density at radius 1 is 0.706 bits per heavy atom. The molecule has 51 heavy (non-hydrogen) atoms. The third-order valence-electron chi connectivity index (χ3n) is 7.20. The minimum atomic E-state index is -1.74. The molecule has 17 nitrogen and oxygen atoms in total. The van der Waals surface area contributed by atoms with Crippen molar-refractivity contribution in [3.05, 3.63) is 33.8 Å². The van der Waals surface area contributed by atoms with Gasteiger partial charge in [0.2, 0.25) is 29.5 Å². The van der Waals surface area contributed by atoms with Crippen molar-refractivity contribution in [2.45, 2.75) is 96.4 Å². The quantitative estimate of drug-likeness (QED) is 0.0879. The van der Waals surface area contributed by atoms with Crippen molar-refractivity contribution in [2.24, 2.45) is 17.6 Å². The molecule has 0 saturated heterocycles. The van der Waals surface area contributed by atoms with Crippen molar-refractivity contribution in [3.8, 4) is 0 Å². The number of carbonyl (C=O) groups excluding carboxylic acids is 6. The molecule has 6 amide bonds. The molecule has 284 valence electrons. The van der Waals surface area contributed by atoms with E-state index in [0.717, 1.165) is 7.11 Å². The van der Waals surface area contributed by atoms with Gasteiger partial charge in [-0.15, -0.1) is 0 Å². The molecule has 1 aromatic rings. The van der Waals surface area contributed by atoms with Gasteiger partial charge in [-0.1, -0.05) is 57.0 Å². The number of halogens is 2. The van der Waals surface area contributed by atoms with Crippen LogP contribution in [0.5, 0.6) is 0 Å². The molecule has 0 saturated carbocycles. The Kier molecular flexibility index (Phi) is 18.8. The number of ether oxygens (including phenoxy) is 1. The van der Waals surface area contributed by atoms with Gasteiger partial charge in [-0.3, -0.25) is 28.8 Å². The van der Waals surface area contributed by atoms with Crippen LogP contribution in [0.1, 0.15) is 65.4 Å². The Labute approximate surface area is 305 Å². The molecule has 0 unspecified atom stereocenters. The number of benzene rings is 1. The number of hydrogen-bond donors (Lipinski definition) is 8. The number of methoxy groups -OCH3 is 1. The Bertz CT molecular complexity index is 1440. The molecule has 0 spiro atoms. The van der Waals surface area contributed by atoms with E-state index in [1.807, 2.05) is 0 Å². The van der Waals surface area contributed by atoms with Crippen LogP contribution in [0.25, 0.3) is 0 Å². The molecule has 5 atom stereocenters. The summed E-state index contributed by atoms with van der Waals surface area (Å²) in [6, 6.07) is -2.76. The third-order valence-corrected chi connectivity index (χ3v) is 7.94. The van der Waals surface area contributed by atoms with Crippen molar-refractivity contribution < 1.29 is 53.3 Å². The number of primary amides is 1. The summed E-state index contributed by atoms with van der Waals surface area (Å²) in [5.41, 5.74) is 5.63. The summed E-state index contributed by atoms with van der Waals surface area (Å²) < 4.78 is 4.52. The number of carboxylic acid groups (broad SMARTS) is 2. The van der Waals surface area contributed by atoms with Crippen molar-refractivity contribution in [1.29, 1.82) is 0 Å². The number of carbonyl (C=O) groups is 8. The van der Waals surface area contributed by atoms with Crippen LogP contribution in [-0.2, 0) is 44.7 Å². The molecule has 0 heterocycles. The molecule has 0 aromatic heterocycles. The van der Waals surface area contributed by atoms with Crippen LogP contribution < -0.4 is 32.3 Å². The number of amides is 6. The van der Waals surface area contributed by atoms with E-state index in [4.69, 9.17) is 28.9 Å². The lowest BCUT2D eigenvalue weighted by Crippen LogP contribution is -2.59. The van der Waals surface area contributed by atoms with Crippen LogP contribution in [-0.4, -0.2) is 95.1 Å². The number of carboxylic acids is 2. The fourth-order valence-corrected chi connectivity index (χ4v) is 5.06. The Balaban J connectivity index is 3.25. The molecule has 0 aliphatic heterocycles. The molecule has 0 aliphatic carbocycles. The fraction of sp³-hybridized carbons (Fsp3) is 0.562. The second kappa shape index (κ2) is 21.5. The van der Waals surface area contributed by atoms with Gasteiger partial charge >= 0.3 is 18.0 Å². The van der Waals surface area contributed by atoms with Crippen LogP contribution in [0.2, 0.25) is 10.0 Å². The molecule has 1 aromatic carbocycles. The van der Waals surface area contributed by atoms with Crippen LogP contribution >= 0.6 is 23.2 Å². The number of aliphatic carboxylic acids is 2. The van der Waals surface area contributed by atoms with E-state index < -0.39 is 84.2 Å². The van der Waals surface area contributed by atoms with E-state index in [1.165, 1.54) is 18.2 Å². The first-order valence-corrected chi connectivity index (χ1v) is 16.7. The fourth-order valence-electron chi connectivity index (χ4n) is 4.74. The molecular formula is C32H46Cl2N6O11. The zero-order valence-electron chi connectivity index (χ0n) is 28.9. The lowest BCUT2D eigenvalue weighted by molar-refractivity contribution is -0.143. The van der Waals surface area contributed by atoms with Gasteiger partial charge in [-0.05, 0) is 48.8 Å². The second-order valence-corrected chi connectivity index (χ2v) is 13.4. The highest BCUT2D eigenvalue weighted by Crippen LogP contribution is 2.23. The average molecular weight is 762 g/mol. The number of nitrogens with one attached hydrogen (secondary N) is 5. The normalized spacial score (nSPS) is 13.9. The predicted molar refractivity (Wildman–Crippen MR) is 184 cm³/mol. The maximum absolute atomic E-state index is 13.5. The number of hydrogen-bond acceptors (Lipinski definition) is 9. The monoisotopic (exact) mass is 760 g/mol. The smallest absolute Gasteiger partial charge is 0.407 e. The van der Waals surface area contributed by atoms with Crippen molar-refractivity contribution in [2.75, 3.05) is 7.11 Å². The summed E-state index contributed by atoms with van der Waals surface area (Å²) >= 11 is 12.0. The first-order chi connectivity index (χ1) is 23.7. The first kappa shape index (κ1) is 44.4. The molecule has 0 bridgehead atoms. The third kappa shape index (κ3) is 16.7. The second-order valence-electron chi connectivity index (χ2n) is 12.6. The van der Waals surface area contributed by atoms with Crippen molar-refractivity contribution in [3.63, 3.8) is 0 Å². The summed E-state index contributed by atoms with van der Waals surface area (Å²) in [6.45, 7) is 6.93. The maximum Gasteiger partial charge on any atom is 0.407 e. The van der Waals surface area contributed by atoms with Crippen LogP contribution in [0.4, 0.5) is 4.79 Å². The van der Waals surface area contributed by atoms with Crippen molar-refractivity contribution >= 4 is 70.8 Å². The minimum absolute atomic E-state index is 0.00748. The first-order valence-electron chi connectivity index (χ1n) is 16.0. The zero-order chi connectivity index (χ0) is 39.0. The van der Waals surface area contributed by atoms with Gasteiger partial charge in [-0.2, -0.15) is 0 Å². The van der Waals surface area contributed by atoms with E-state index in [2.05, 4.69) is 31.3 Å². The van der Waals surface area contributed by atoms with Gasteiger partial charge in [0.15, 0.2) is 0 Å². The SMILES string of the molecule is COC(=O)N[C@@H](CCC(N)=O)C(=O)N[C@@H](CC(C)C)C(=O)N[C@@H](CC(=O)O)C(=O)N[C@@H](CC(C)C)C(=O)N[C@@H](Cc1ccc(Cl)c(Cl)c1)C(=O)O. The number of nitrogens with two attached hydrogens (primary N) is 1.